The Morgan fingerprint density at radius 3 is 2.15 bits per heavy atom. The lowest BCUT2D eigenvalue weighted by atomic mass is 10.0. The van der Waals surface area contributed by atoms with Gasteiger partial charge in [-0.3, -0.25) is 14.8 Å². The molecular formula is C22H18Cl2N2O7S. The molecule has 0 fully saturated rings. The first-order valence-corrected chi connectivity index (χ1v) is 12.2. The number of anilines is 1. The van der Waals surface area contributed by atoms with Crippen LogP contribution in [0.25, 0.3) is 0 Å². The van der Waals surface area contributed by atoms with Crippen molar-refractivity contribution in [3.63, 3.8) is 0 Å². The average molecular weight is 525 g/mol. The van der Waals surface area contributed by atoms with Gasteiger partial charge in [0.05, 0.1) is 14.9 Å². The van der Waals surface area contributed by atoms with Crippen molar-refractivity contribution in [2.75, 3.05) is 11.6 Å². The molecule has 0 saturated carbocycles. The lowest BCUT2D eigenvalue weighted by Gasteiger charge is -2.14. The van der Waals surface area contributed by atoms with Crippen molar-refractivity contribution in [2.24, 2.45) is 0 Å². The number of phenols is 1. The zero-order valence-corrected chi connectivity index (χ0v) is 19.8. The number of hydrogen-bond donors (Lipinski definition) is 4. The van der Waals surface area contributed by atoms with Gasteiger partial charge in [0.25, 0.3) is 0 Å². The maximum atomic E-state index is 11.6. The summed E-state index contributed by atoms with van der Waals surface area (Å²) in [7, 11) is -3.31. The largest absolute Gasteiger partial charge is 0.508 e. The molecule has 0 aromatic heterocycles. The molecule has 0 bridgehead atoms. The van der Waals surface area contributed by atoms with Crippen molar-refractivity contribution >= 4 is 50.5 Å². The molecule has 0 radical (unpaired) electrons. The zero-order valence-electron chi connectivity index (χ0n) is 17.5. The third kappa shape index (κ3) is 6.17. The third-order valence-corrected chi connectivity index (χ3v) is 6.27. The molecule has 0 atom stereocenters. The van der Waals surface area contributed by atoms with Crippen molar-refractivity contribution < 1.29 is 33.1 Å². The Morgan fingerprint density at radius 2 is 1.59 bits per heavy atom. The second-order valence-corrected chi connectivity index (χ2v) is 9.98. The fourth-order valence-corrected chi connectivity index (χ4v) is 4.12. The predicted molar refractivity (Wildman–Crippen MR) is 126 cm³/mol. The Kier molecular flexibility index (Phi) is 7.68. The Bertz CT molecular complexity index is 1340. The van der Waals surface area contributed by atoms with E-state index >= 15 is 0 Å². The lowest BCUT2D eigenvalue weighted by Crippen LogP contribution is -2.33. The number of amides is 2. The first-order chi connectivity index (χ1) is 16.0. The van der Waals surface area contributed by atoms with E-state index in [4.69, 9.17) is 33.1 Å². The SMILES string of the molecule is CS(=O)(=O)c1ccc(Cc2cc(Oc3c(Cl)cc(NC(=O)C(=O)NO)cc3Cl)ccc2O)cc1. The molecule has 12 heteroatoms. The van der Waals surface area contributed by atoms with Crippen LogP contribution in [-0.2, 0) is 25.8 Å². The maximum Gasteiger partial charge on any atom is 0.332 e. The summed E-state index contributed by atoms with van der Waals surface area (Å²) in [6.45, 7) is 0. The van der Waals surface area contributed by atoms with Gasteiger partial charge in [-0.1, -0.05) is 35.3 Å². The van der Waals surface area contributed by atoms with Crippen molar-refractivity contribution in [1.82, 2.24) is 5.48 Å². The number of sulfone groups is 1. The second kappa shape index (κ2) is 10.3. The van der Waals surface area contributed by atoms with E-state index in [1.807, 2.05) is 0 Å². The quantitative estimate of drug-likeness (QED) is 0.217. The topological polar surface area (TPSA) is 142 Å². The number of hydroxylamine groups is 1. The van der Waals surface area contributed by atoms with Gasteiger partial charge in [-0.25, -0.2) is 13.9 Å². The first-order valence-electron chi connectivity index (χ1n) is 9.51. The van der Waals surface area contributed by atoms with Gasteiger partial charge in [-0.2, -0.15) is 0 Å². The van der Waals surface area contributed by atoms with E-state index in [9.17, 15) is 23.1 Å². The van der Waals surface area contributed by atoms with Crippen molar-refractivity contribution in [3.8, 4) is 17.2 Å². The van der Waals surface area contributed by atoms with E-state index in [0.717, 1.165) is 11.8 Å². The molecule has 34 heavy (non-hydrogen) atoms. The summed E-state index contributed by atoms with van der Waals surface area (Å²) in [6.07, 6.45) is 1.42. The highest BCUT2D eigenvalue weighted by Gasteiger charge is 2.17. The minimum atomic E-state index is -3.31. The smallest absolute Gasteiger partial charge is 0.332 e. The molecule has 0 unspecified atom stereocenters. The number of benzene rings is 3. The van der Waals surface area contributed by atoms with Crippen molar-refractivity contribution in [3.05, 3.63) is 75.8 Å². The van der Waals surface area contributed by atoms with E-state index in [-0.39, 0.29) is 32.1 Å². The molecule has 2 amide bonds. The number of rotatable bonds is 6. The number of ether oxygens (including phenoxy) is 1. The Hall–Kier alpha value is -3.31. The number of phenolic OH excluding ortho intramolecular Hbond substituents is 1. The van der Waals surface area contributed by atoms with E-state index in [0.29, 0.717) is 17.7 Å². The van der Waals surface area contributed by atoms with E-state index in [2.05, 4.69) is 5.32 Å². The Labute approximate surface area is 204 Å². The zero-order chi connectivity index (χ0) is 25.0. The van der Waals surface area contributed by atoms with Crippen LogP contribution in [0.5, 0.6) is 17.2 Å². The maximum absolute atomic E-state index is 11.6. The molecule has 3 aromatic rings. The fraction of sp³-hybridized carbons (Fsp3) is 0.0909. The monoisotopic (exact) mass is 524 g/mol. The van der Waals surface area contributed by atoms with Crippen LogP contribution in [0.15, 0.2) is 59.5 Å². The summed E-state index contributed by atoms with van der Waals surface area (Å²) in [5.41, 5.74) is 2.58. The fourth-order valence-electron chi connectivity index (χ4n) is 2.93. The van der Waals surface area contributed by atoms with Crippen LogP contribution in [-0.4, -0.2) is 36.8 Å². The Balaban J connectivity index is 1.81. The molecule has 0 aliphatic carbocycles. The normalized spacial score (nSPS) is 11.1. The second-order valence-electron chi connectivity index (χ2n) is 7.15. The van der Waals surface area contributed by atoms with E-state index in [1.54, 1.807) is 18.2 Å². The van der Waals surface area contributed by atoms with Crippen molar-refractivity contribution in [2.45, 2.75) is 11.3 Å². The standard InChI is InChI=1S/C22H18Cl2N2O7S/c1-34(31,32)16-5-2-12(3-6-16)8-13-9-15(4-7-19(13)27)33-20-17(23)10-14(11-18(20)24)25-21(28)22(29)26-30/h2-7,9-11,27,30H,8H2,1H3,(H,25,28)(H,26,29). The number of aromatic hydroxyl groups is 1. The molecule has 0 saturated heterocycles. The minimum Gasteiger partial charge on any atom is -0.508 e. The number of nitrogens with one attached hydrogen (secondary N) is 2. The van der Waals surface area contributed by atoms with E-state index < -0.39 is 21.7 Å². The summed E-state index contributed by atoms with van der Waals surface area (Å²) in [5.74, 6) is -2.01. The molecule has 9 nitrogen and oxygen atoms in total. The molecule has 0 aliphatic rings. The van der Waals surface area contributed by atoms with Gasteiger partial charge >= 0.3 is 11.8 Å². The summed E-state index contributed by atoms with van der Waals surface area (Å²) >= 11 is 12.4. The van der Waals surface area contributed by atoms with Gasteiger partial charge in [0.15, 0.2) is 15.6 Å². The van der Waals surface area contributed by atoms with Crippen LogP contribution in [0.2, 0.25) is 10.0 Å². The van der Waals surface area contributed by atoms with Crippen LogP contribution in [0.4, 0.5) is 5.69 Å². The molecule has 3 rings (SSSR count). The van der Waals surface area contributed by atoms with Crippen LogP contribution in [0.3, 0.4) is 0 Å². The predicted octanol–water partition coefficient (Wildman–Crippen LogP) is 3.93. The van der Waals surface area contributed by atoms with Crippen molar-refractivity contribution in [1.29, 1.82) is 0 Å². The van der Waals surface area contributed by atoms with Gasteiger partial charge in [-0.15, -0.1) is 0 Å². The molecule has 0 aliphatic heterocycles. The van der Waals surface area contributed by atoms with Crippen LogP contribution in [0, 0.1) is 0 Å². The van der Waals surface area contributed by atoms with Crippen LogP contribution < -0.4 is 15.5 Å². The van der Waals surface area contributed by atoms with E-state index in [1.165, 1.54) is 41.9 Å². The molecular weight excluding hydrogens is 507 g/mol. The number of hydrogen-bond acceptors (Lipinski definition) is 7. The lowest BCUT2D eigenvalue weighted by molar-refractivity contribution is -0.141. The van der Waals surface area contributed by atoms with Crippen LogP contribution >= 0.6 is 23.2 Å². The molecule has 178 valence electrons. The Morgan fingerprint density at radius 1 is 0.971 bits per heavy atom. The third-order valence-electron chi connectivity index (χ3n) is 4.58. The van der Waals surface area contributed by atoms with Gasteiger partial charge in [0.1, 0.15) is 11.5 Å². The molecule has 0 heterocycles. The van der Waals surface area contributed by atoms with Gasteiger partial charge in [-0.05, 0) is 48.0 Å². The van der Waals surface area contributed by atoms with Gasteiger partial charge in [0.2, 0.25) is 0 Å². The highest BCUT2D eigenvalue weighted by Crippen LogP contribution is 2.39. The molecule has 4 N–H and O–H groups in total. The van der Waals surface area contributed by atoms with Crippen LogP contribution in [0.1, 0.15) is 11.1 Å². The minimum absolute atomic E-state index is 0.0111. The number of halogens is 2. The first kappa shape index (κ1) is 25.3. The number of carbonyl (C=O) groups excluding carboxylic acids is 2. The summed E-state index contributed by atoms with van der Waals surface area (Å²) < 4.78 is 29.0. The summed E-state index contributed by atoms with van der Waals surface area (Å²) in [6, 6.07) is 13.4. The number of carbonyl (C=O) groups is 2. The summed E-state index contributed by atoms with van der Waals surface area (Å²) in [5, 5.41) is 21.0. The highest BCUT2D eigenvalue weighted by atomic mass is 35.5. The average Bonchev–Trinajstić information content (AvgIpc) is 2.77. The molecule has 3 aromatic carbocycles. The summed E-state index contributed by atoms with van der Waals surface area (Å²) in [4.78, 5) is 22.9. The van der Waals surface area contributed by atoms with Gasteiger partial charge < -0.3 is 15.2 Å². The highest BCUT2D eigenvalue weighted by molar-refractivity contribution is 7.90. The van der Waals surface area contributed by atoms with Gasteiger partial charge in [0, 0.05) is 23.9 Å². The molecule has 0 spiro atoms.